The van der Waals surface area contributed by atoms with Crippen LogP contribution in [0.5, 0.6) is 0 Å². The maximum absolute atomic E-state index is 12.8. The molecule has 27 heteroatoms. The lowest BCUT2D eigenvalue weighted by molar-refractivity contribution is -0.154. The fourth-order valence-electron chi connectivity index (χ4n) is 6.68. The number of aliphatic hydroxyl groups is 2. The third kappa shape index (κ3) is 33.6. The number of nitrogens with two attached hydrogens (primary N) is 2. The zero-order valence-electron chi connectivity index (χ0n) is 46.3. The molecule has 9 N–H and O–H groups in total. The first kappa shape index (κ1) is 70.9. The van der Waals surface area contributed by atoms with Crippen molar-refractivity contribution >= 4 is 81.7 Å². The van der Waals surface area contributed by atoms with E-state index >= 15 is 0 Å². The van der Waals surface area contributed by atoms with Crippen molar-refractivity contribution in [3.8, 4) is 0 Å². The van der Waals surface area contributed by atoms with Crippen LogP contribution in [0.25, 0.3) is 0 Å². The predicted octanol–water partition coefficient (Wildman–Crippen LogP) is -0.161. The van der Waals surface area contributed by atoms with Crippen LogP contribution in [0.4, 0.5) is 0 Å². The quantitative estimate of drug-likeness (QED) is 0.0104. The molecule has 0 heterocycles. The highest BCUT2D eigenvalue weighted by atomic mass is 16.6. The van der Waals surface area contributed by atoms with Gasteiger partial charge in [-0.3, -0.25) is 78.8 Å². The Hall–Kier alpha value is -6.10. The number of nitrogens with zero attached hydrogens (tertiary/aromatic N) is 4. The Morgan fingerprint density at radius 3 is 0.961 bits per heavy atom. The first-order valence-electron chi connectivity index (χ1n) is 25.1. The van der Waals surface area contributed by atoms with Gasteiger partial charge in [-0.25, -0.2) is 11.7 Å². The summed E-state index contributed by atoms with van der Waals surface area (Å²) in [6, 6.07) is 0. The number of aliphatic imine (C=N–C) groups is 4. The van der Waals surface area contributed by atoms with E-state index in [1.165, 1.54) is 7.05 Å². The SMILES string of the molecule is CN=C(C)CCC(=O)OCC(C)OC(C)COC(=O)CCC(C)=NCC(=O)CC(O)(CC(=O)CN=C(C)CCC(=O)OCC(C)OC(C)COC(=O)CCC(C)=NCC(=O)CC(O)(CC(=O)CNC)C(=O)NN)C(=O)NN. The Morgan fingerprint density at radius 2 is 0.714 bits per heavy atom. The molecule has 0 spiro atoms. The van der Waals surface area contributed by atoms with E-state index in [4.69, 9.17) is 40.1 Å². The molecule has 436 valence electrons. The molecular formula is C50H83N9O18. The number of nitrogens with one attached hydrogen (secondary N) is 3. The van der Waals surface area contributed by atoms with Gasteiger partial charge in [0.2, 0.25) is 0 Å². The smallest absolute Gasteiger partial charge is 0.306 e. The summed E-state index contributed by atoms with van der Waals surface area (Å²) < 4.78 is 32.5. The second-order valence-corrected chi connectivity index (χ2v) is 18.8. The molecule has 0 aliphatic carbocycles. The van der Waals surface area contributed by atoms with Gasteiger partial charge in [-0.1, -0.05) is 0 Å². The summed E-state index contributed by atoms with van der Waals surface area (Å²) >= 11 is 0. The van der Waals surface area contributed by atoms with Gasteiger partial charge in [0.1, 0.15) is 32.2 Å². The van der Waals surface area contributed by atoms with Crippen molar-refractivity contribution in [3.05, 3.63) is 0 Å². The topological polar surface area (TPSA) is 404 Å². The average molecular weight is 1100 g/mol. The molecule has 2 amide bonds. The fourth-order valence-corrected chi connectivity index (χ4v) is 6.68. The van der Waals surface area contributed by atoms with Crippen molar-refractivity contribution in [2.75, 3.05) is 66.7 Å². The zero-order chi connectivity index (χ0) is 58.7. The lowest BCUT2D eigenvalue weighted by atomic mass is 9.90. The fraction of sp³-hybridized carbons (Fsp3) is 0.720. The van der Waals surface area contributed by atoms with Crippen molar-refractivity contribution in [3.63, 3.8) is 0 Å². The standard InChI is InChI=1S/C50H83N9O18/c1-31(54-10)11-15-43(64)72-27-35(5)76-36(6)28-73-45(66)17-13-33(3)56-25-41(62)21-50(71,48(69)59-52)22-42(63)26-57-34(4)14-18-46(67)75-30-38(8)77-37(7)29-74-44(65)16-12-32(2)55-24-40(61)20-49(70,47(68)58-51)19-39(60)23-53-9/h35-38,53,70-71H,11-30,51-52H2,1-10H3,(H,58,68)(H,59,69). The van der Waals surface area contributed by atoms with Crippen molar-refractivity contribution in [2.24, 2.45) is 31.7 Å². The molecule has 0 saturated heterocycles. The molecule has 0 rings (SSSR count). The number of rotatable bonds is 42. The lowest BCUT2D eigenvalue weighted by Gasteiger charge is -2.24. The highest BCUT2D eigenvalue weighted by molar-refractivity contribution is 5.99. The van der Waals surface area contributed by atoms with Crippen LogP contribution >= 0.6 is 0 Å². The van der Waals surface area contributed by atoms with E-state index < -0.39 is 134 Å². The van der Waals surface area contributed by atoms with Crippen LogP contribution in [0.15, 0.2) is 20.0 Å². The number of carbonyl (C=O) groups is 10. The second-order valence-electron chi connectivity index (χ2n) is 18.8. The molecule has 0 bridgehead atoms. The number of hydrazine groups is 2. The van der Waals surface area contributed by atoms with Crippen molar-refractivity contribution in [1.82, 2.24) is 16.2 Å². The molecule has 0 aromatic heterocycles. The van der Waals surface area contributed by atoms with Crippen molar-refractivity contribution in [1.29, 1.82) is 0 Å². The predicted molar refractivity (Wildman–Crippen MR) is 281 cm³/mol. The number of amides is 2. The maximum atomic E-state index is 12.8. The monoisotopic (exact) mass is 1100 g/mol. The molecule has 6 atom stereocenters. The number of carbonyl (C=O) groups excluding carboxylic acids is 10. The minimum absolute atomic E-state index is 0.0336. The number of ether oxygens (including phenoxy) is 6. The second kappa shape index (κ2) is 38.4. The van der Waals surface area contributed by atoms with E-state index in [-0.39, 0.29) is 83.9 Å². The first-order valence-corrected chi connectivity index (χ1v) is 25.1. The first-order chi connectivity index (χ1) is 36.1. The maximum Gasteiger partial charge on any atom is 0.306 e. The van der Waals surface area contributed by atoms with E-state index in [0.29, 0.717) is 23.6 Å². The average Bonchev–Trinajstić information content (AvgIpc) is 3.37. The van der Waals surface area contributed by atoms with Gasteiger partial charge in [-0.05, 0) is 88.1 Å². The summed E-state index contributed by atoms with van der Waals surface area (Å²) in [6.45, 7) is 11.5. The normalized spacial score (nSPS) is 15.4. The van der Waals surface area contributed by atoms with Crippen LogP contribution in [0.2, 0.25) is 0 Å². The van der Waals surface area contributed by atoms with E-state index in [0.717, 1.165) is 5.71 Å². The molecule has 0 radical (unpaired) electrons. The number of hydrogen-bond donors (Lipinski definition) is 7. The summed E-state index contributed by atoms with van der Waals surface area (Å²) in [5, 5.41) is 24.3. The van der Waals surface area contributed by atoms with E-state index in [1.54, 1.807) is 66.4 Å². The van der Waals surface area contributed by atoms with Crippen LogP contribution in [-0.4, -0.2) is 194 Å². The molecule has 0 aromatic rings. The van der Waals surface area contributed by atoms with E-state index in [2.05, 4.69) is 25.3 Å². The van der Waals surface area contributed by atoms with Gasteiger partial charge in [0.15, 0.2) is 28.6 Å². The molecule has 0 aliphatic heterocycles. The van der Waals surface area contributed by atoms with E-state index in [1.807, 2.05) is 6.92 Å². The van der Waals surface area contributed by atoms with Gasteiger partial charge in [0, 0.05) is 55.6 Å². The highest BCUT2D eigenvalue weighted by Gasteiger charge is 2.41. The summed E-state index contributed by atoms with van der Waals surface area (Å²) in [7, 11) is 3.15. The van der Waals surface area contributed by atoms with Gasteiger partial charge in [-0.2, -0.15) is 0 Å². The molecular weight excluding hydrogens is 1010 g/mol. The Balaban J connectivity index is 4.74. The van der Waals surface area contributed by atoms with Gasteiger partial charge >= 0.3 is 23.9 Å². The molecule has 0 saturated carbocycles. The van der Waals surface area contributed by atoms with Crippen LogP contribution in [0.3, 0.4) is 0 Å². The molecule has 0 aliphatic rings. The highest BCUT2D eigenvalue weighted by Crippen LogP contribution is 2.19. The minimum Gasteiger partial charge on any atom is -0.463 e. The number of likely N-dealkylation sites (N-methyl/N-ethyl adjacent to an activating group) is 1. The molecule has 27 nitrogen and oxygen atoms in total. The summed E-state index contributed by atoms with van der Waals surface area (Å²) in [5.41, 5.74) is 0.729. The van der Waals surface area contributed by atoms with E-state index in [9.17, 15) is 58.2 Å². The van der Waals surface area contributed by atoms with Crippen molar-refractivity contribution < 1.29 is 86.6 Å². The van der Waals surface area contributed by atoms with Gasteiger partial charge < -0.3 is 44.0 Å². The molecule has 77 heavy (non-hydrogen) atoms. The number of Topliss-reactive ketones (excluding diaryl/α,β-unsaturated/α-hetero) is 4. The van der Waals surface area contributed by atoms with Gasteiger partial charge in [-0.15, -0.1) is 0 Å². The zero-order valence-corrected chi connectivity index (χ0v) is 46.3. The largest absolute Gasteiger partial charge is 0.463 e. The molecule has 0 aromatic carbocycles. The number of ketones is 4. The van der Waals surface area contributed by atoms with Crippen LogP contribution in [0, 0.1) is 0 Å². The van der Waals surface area contributed by atoms with Crippen molar-refractivity contribution in [2.45, 2.75) is 168 Å². The number of hydrogen-bond acceptors (Lipinski definition) is 25. The Morgan fingerprint density at radius 1 is 0.455 bits per heavy atom. The third-order valence-electron chi connectivity index (χ3n) is 11.0. The van der Waals surface area contributed by atoms with Gasteiger partial charge in [0.25, 0.3) is 11.8 Å². The van der Waals surface area contributed by atoms with Crippen LogP contribution in [-0.2, 0) is 76.4 Å². The Kier molecular flexibility index (Phi) is 35.4. The lowest BCUT2D eigenvalue weighted by Crippen LogP contribution is -2.52. The Bertz CT molecular complexity index is 2110. The summed E-state index contributed by atoms with van der Waals surface area (Å²) in [5.74, 6) is 3.48. The number of esters is 4. The van der Waals surface area contributed by atoms with Gasteiger partial charge in [0.05, 0.1) is 76.3 Å². The van der Waals surface area contributed by atoms with Crippen LogP contribution in [0.1, 0.15) is 132 Å². The minimum atomic E-state index is -2.51. The third-order valence-corrected chi connectivity index (χ3v) is 11.0. The molecule has 0 fully saturated rings. The molecule has 6 unspecified atom stereocenters. The Labute approximate surface area is 449 Å². The van der Waals surface area contributed by atoms with Crippen LogP contribution < -0.4 is 27.9 Å². The summed E-state index contributed by atoms with van der Waals surface area (Å²) in [4.78, 5) is 140. The summed E-state index contributed by atoms with van der Waals surface area (Å²) in [6.07, 6.45) is -4.18.